The molecule has 118 valence electrons. The van der Waals surface area contributed by atoms with Crippen LogP contribution in [-0.4, -0.2) is 12.5 Å². The molecule has 0 radical (unpaired) electrons. The molecule has 21 heavy (non-hydrogen) atoms. The van der Waals surface area contributed by atoms with Gasteiger partial charge < -0.3 is 4.74 Å². The summed E-state index contributed by atoms with van der Waals surface area (Å²) in [4.78, 5) is 0. The summed E-state index contributed by atoms with van der Waals surface area (Å²) in [6.45, 7) is 9.19. The number of alkyl halides is 1. The van der Waals surface area contributed by atoms with Crippen LogP contribution in [0, 0.1) is 24.2 Å². The standard InChI is InChI=1S/C19H29ClO/c1-13-7-9-18(21-5)15(10-13)12-19(3,4)16-8-6-14(2)11-17(16)20/h7,9-10,14,16-17H,6,8,11-12H2,1-5H3. The molecule has 0 amide bonds. The van der Waals surface area contributed by atoms with E-state index >= 15 is 0 Å². The molecule has 2 rings (SSSR count). The lowest BCUT2D eigenvalue weighted by molar-refractivity contribution is 0.141. The molecular weight excluding hydrogens is 280 g/mol. The Hall–Kier alpha value is -0.690. The Labute approximate surface area is 135 Å². The third-order valence-corrected chi connectivity index (χ3v) is 5.60. The van der Waals surface area contributed by atoms with Gasteiger partial charge in [-0.1, -0.05) is 44.9 Å². The maximum absolute atomic E-state index is 6.70. The Bertz CT molecular complexity index is 480. The Morgan fingerprint density at radius 3 is 2.62 bits per heavy atom. The van der Waals surface area contributed by atoms with Crippen molar-refractivity contribution in [3.8, 4) is 5.75 Å². The molecule has 3 atom stereocenters. The lowest BCUT2D eigenvalue weighted by Crippen LogP contribution is -2.37. The second-order valence-electron chi connectivity index (χ2n) is 7.52. The monoisotopic (exact) mass is 308 g/mol. The van der Waals surface area contributed by atoms with Gasteiger partial charge in [-0.25, -0.2) is 0 Å². The van der Waals surface area contributed by atoms with Crippen LogP contribution in [-0.2, 0) is 6.42 Å². The van der Waals surface area contributed by atoms with Crippen molar-refractivity contribution in [2.24, 2.45) is 17.3 Å². The first-order valence-corrected chi connectivity index (χ1v) is 8.54. The van der Waals surface area contributed by atoms with E-state index in [4.69, 9.17) is 16.3 Å². The van der Waals surface area contributed by atoms with Gasteiger partial charge in [0, 0.05) is 5.38 Å². The summed E-state index contributed by atoms with van der Waals surface area (Å²) in [5.74, 6) is 2.36. The van der Waals surface area contributed by atoms with Crippen LogP contribution in [0.5, 0.6) is 5.75 Å². The number of ether oxygens (including phenoxy) is 1. The average molecular weight is 309 g/mol. The number of halogens is 1. The maximum Gasteiger partial charge on any atom is 0.122 e. The minimum atomic E-state index is 0.202. The quantitative estimate of drug-likeness (QED) is 0.656. The highest BCUT2D eigenvalue weighted by Gasteiger charge is 2.38. The molecule has 2 heteroatoms. The fraction of sp³-hybridized carbons (Fsp3) is 0.684. The lowest BCUT2D eigenvalue weighted by atomic mass is 9.66. The van der Waals surface area contributed by atoms with Crippen molar-refractivity contribution in [3.63, 3.8) is 0 Å². The third kappa shape index (κ3) is 3.94. The predicted octanol–water partition coefficient (Wildman–Crippen LogP) is 5.62. The summed E-state index contributed by atoms with van der Waals surface area (Å²) in [6.07, 6.45) is 4.74. The van der Waals surface area contributed by atoms with Crippen LogP contribution in [0.3, 0.4) is 0 Å². The second-order valence-corrected chi connectivity index (χ2v) is 8.08. The van der Waals surface area contributed by atoms with E-state index in [-0.39, 0.29) is 5.41 Å². The topological polar surface area (TPSA) is 9.23 Å². The van der Waals surface area contributed by atoms with Gasteiger partial charge in [-0.3, -0.25) is 0 Å². The first-order valence-electron chi connectivity index (χ1n) is 8.11. The van der Waals surface area contributed by atoms with Crippen LogP contribution in [0.4, 0.5) is 0 Å². The number of hydrogen-bond donors (Lipinski definition) is 0. The zero-order chi connectivity index (χ0) is 15.6. The summed E-state index contributed by atoms with van der Waals surface area (Å²) in [6, 6.07) is 6.46. The summed E-state index contributed by atoms with van der Waals surface area (Å²) >= 11 is 6.70. The maximum atomic E-state index is 6.70. The Morgan fingerprint density at radius 1 is 1.29 bits per heavy atom. The van der Waals surface area contributed by atoms with Crippen LogP contribution >= 0.6 is 11.6 Å². The third-order valence-electron chi connectivity index (χ3n) is 5.12. The molecule has 1 aromatic rings. The van der Waals surface area contributed by atoms with Crippen molar-refractivity contribution >= 4 is 11.6 Å². The highest BCUT2D eigenvalue weighted by molar-refractivity contribution is 6.20. The highest BCUT2D eigenvalue weighted by atomic mass is 35.5. The first-order chi connectivity index (χ1) is 9.83. The van der Waals surface area contributed by atoms with E-state index in [2.05, 4.69) is 45.9 Å². The van der Waals surface area contributed by atoms with Crippen molar-refractivity contribution < 1.29 is 4.74 Å². The molecule has 0 saturated heterocycles. The van der Waals surface area contributed by atoms with Crippen molar-refractivity contribution in [1.29, 1.82) is 0 Å². The second kappa shape index (κ2) is 6.60. The highest BCUT2D eigenvalue weighted by Crippen LogP contribution is 2.45. The molecule has 1 nitrogen and oxygen atoms in total. The van der Waals surface area contributed by atoms with Gasteiger partial charge in [-0.05, 0) is 55.1 Å². The van der Waals surface area contributed by atoms with Gasteiger partial charge in [0.15, 0.2) is 0 Å². The van der Waals surface area contributed by atoms with Gasteiger partial charge >= 0.3 is 0 Å². The molecule has 0 bridgehead atoms. The zero-order valence-corrected chi connectivity index (χ0v) is 14.8. The fourth-order valence-electron chi connectivity index (χ4n) is 3.86. The largest absolute Gasteiger partial charge is 0.496 e. The number of aryl methyl sites for hydroxylation is 1. The van der Waals surface area contributed by atoms with E-state index < -0.39 is 0 Å². The summed E-state index contributed by atoms with van der Waals surface area (Å²) < 4.78 is 5.54. The van der Waals surface area contributed by atoms with Crippen LogP contribution < -0.4 is 4.74 Å². The van der Waals surface area contributed by atoms with E-state index in [9.17, 15) is 0 Å². The van der Waals surface area contributed by atoms with Gasteiger partial charge in [-0.15, -0.1) is 11.6 Å². The molecule has 0 aromatic heterocycles. The van der Waals surface area contributed by atoms with Crippen molar-refractivity contribution in [2.75, 3.05) is 7.11 Å². The predicted molar refractivity (Wildman–Crippen MR) is 91.4 cm³/mol. The van der Waals surface area contributed by atoms with Gasteiger partial charge in [0.2, 0.25) is 0 Å². The zero-order valence-electron chi connectivity index (χ0n) is 14.1. The van der Waals surface area contributed by atoms with Crippen LogP contribution in [0.25, 0.3) is 0 Å². The van der Waals surface area contributed by atoms with Gasteiger partial charge in [0.05, 0.1) is 7.11 Å². The van der Waals surface area contributed by atoms with E-state index in [0.717, 1.165) is 24.5 Å². The fourth-order valence-corrected chi connectivity index (χ4v) is 4.63. The van der Waals surface area contributed by atoms with Gasteiger partial charge in [-0.2, -0.15) is 0 Å². The molecule has 1 aromatic carbocycles. The van der Waals surface area contributed by atoms with E-state index in [1.807, 2.05) is 0 Å². The molecule has 1 aliphatic rings. The van der Waals surface area contributed by atoms with Gasteiger partial charge in [0.1, 0.15) is 5.75 Å². The summed E-state index contributed by atoms with van der Waals surface area (Å²) in [7, 11) is 1.76. The molecular formula is C19H29ClO. The number of hydrogen-bond acceptors (Lipinski definition) is 1. The molecule has 1 saturated carbocycles. The normalized spacial score (nSPS) is 26.7. The number of rotatable bonds is 4. The summed E-state index contributed by atoms with van der Waals surface area (Å²) in [5, 5.41) is 0.305. The molecule has 0 heterocycles. The lowest BCUT2D eigenvalue weighted by Gasteiger charge is -2.42. The molecule has 1 fully saturated rings. The van der Waals surface area contributed by atoms with E-state index in [0.29, 0.717) is 11.3 Å². The van der Waals surface area contributed by atoms with Crippen LogP contribution in [0.15, 0.2) is 18.2 Å². The van der Waals surface area contributed by atoms with Crippen molar-refractivity contribution in [3.05, 3.63) is 29.3 Å². The minimum absolute atomic E-state index is 0.202. The first kappa shape index (κ1) is 16.7. The minimum Gasteiger partial charge on any atom is -0.496 e. The molecule has 0 N–H and O–H groups in total. The van der Waals surface area contributed by atoms with Crippen molar-refractivity contribution in [2.45, 2.75) is 58.8 Å². The van der Waals surface area contributed by atoms with Crippen LogP contribution in [0.1, 0.15) is 51.2 Å². The van der Waals surface area contributed by atoms with Crippen molar-refractivity contribution in [1.82, 2.24) is 0 Å². The van der Waals surface area contributed by atoms with Crippen LogP contribution in [0.2, 0.25) is 0 Å². The van der Waals surface area contributed by atoms with Gasteiger partial charge in [0.25, 0.3) is 0 Å². The molecule has 0 spiro atoms. The number of benzene rings is 1. The molecule has 3 unspecified atom stereocenters. The van der Waals surface area contributed by atoms with E-state index in [1.54, 1.807) is 7.11 Å². The smallest absolute Gasteiger partial charge is 0.122 e. The Balaban J connectivity index is 2.19. The summed E-state index contributed by atoms with van der Waals surface area (Å²) in [5.41, 5.74) is 2.81. The Kier molecular flexibility index (Phi) is 5.24. The molecule has 0 aliphatic heterocycles. The molecule has 1 aliphatic carbocycles. The average Bonchev–Trinajstić information content (AvgIpc) is 2.37. The Morgan fingerprint density at radius 2 is 2.00 bits per heavy atom. The van der Waals surface area contributed by atoms with E-state index in [1.165, 1.54) is 24.0 Å². The number of methoxy groups -OCH3 is 1. The SMILES string of the molecule is COc1ccc(C)cc1CC(C)(C)C1CCC(C)CC1Cl.